The molecule has 16 heavy (non-hydrogen) atoms. The van der Waals surface area contributed by atoms with Crippen molar-refractivity contribution in [2.75, 3.05) is 20.3 Å². The molecule has 0 amide bonds. The summed E-state index contributed by atoms with van der Waals surface area (Å²) in [7, 11) is -1.83. The monoisotopic (exact) mass is 391 g/mol. The second-order valence-electron chi connectivity index (χ2n) is 2.96. The molecule has 1 rings (SSSR count). The highest BCUT2D eigenvalue weighted by Crippen LogP contribution is 2.25. The number of sulfonamides is 1. The Morgan fingerprint density at radius 3 is 2.75 bits per heavy atom. The van der Waals surface area contributed by atoms with E-state index >= 15 is 0 Å². The second-order valence-corrected chi connectivity index (χ2v) is 8.71. The van der Waals surface area contributed by atoms with Gasteiger partial charge >= 0.3 is 0 Å². The molecule has 1 heterocycles. The first-order valence-corrected chi connectivity index (χ1v) is 8.34. The van der Waals surface area contributed by atoms with Crippen LogP contribution in [0.4, 0.5) is 0 Å². The van der Waals surface area contributed by atoms with Crippen LogP contribution < -0.4 is 4.72 Å². The minimum Gasteiger partial charge on any atom is -0.383 e. The molecule has 0 spiro atoms. The SMILES string of the molecule is COCC(Br)CNS(=O)(=O)c1ccc(Br)s1. The summed E-state index contributed by atoms with van der Waals surface area (Å²) in [5.41, 5.74) is 0. The van der Waals surface area contributed by atoms with E-state index in [0.29, 0.717) is 17.4 Å². The number of methoxy groups -OCH3 is 1. The number of halogens is 2. The van der Waals surface area contributed by atoms with E-state index in [9.17, 15) is 8.42 Å². The molecular weight excluding hydrogens is 382 g/mol. The number of rotatable bonds is 6. The lowest BCUT2D eigenvalue weighted by Crippen LogP contribution is -2.31. The van der Waals surface area contributed by atoms with Gasteiger partial charge in [-0.15, -0.1) is 11.3 Å². The molecule has 92 valence electrons. The summed E-state index contributed by atoms with van der Waals surface area (Å²) in [6, 6.07) is 3.27. The van der Waals surface area contributed by atoms with Crippen LogP contribution in [0.1, 0.15) is 0 Å². The molecule has 4 nitrogen and oxygen atoms in total. The lowest BCUT2D eigenvalue weighted by molar-refractivity contribution is 0.201. The molecule has 0 saturated heterocycles. The summed E-state index contributed by atoms with van der Waals surface area (Å²) in [4.78, 5) is -0.0318. The van der Waals surface area contributed by atoms with Crippen molar-refractivity contribution in [2.24, 2.45) is 0 Å². The molecule has 1 aromatic heterocycles. The van der Waals surface area contributed by atoms with Crippen molar-refractivity contribution in [3.05, 3.63) is 15.9 Å². The molecule has 0 radical (unpaired) electrons. The highest BCUT2D eigenvalue weighted by molar-refractivity contribution is 9.11. The molecule has 0 bridgehead atoms. The molecular formula is C8H11Br2NO3S2. The van der Waals surface area contributed by atoms with Gasteiger partial charge in [-0.3, -0.25) is 0 Å². The second kappa shape index (κ2) is 6.46. The van der Waals surface area contributed by atoms with Crippen LogP contribution in [0.2, 0.25) is 0 Å². The maximum atomic E-state index is 11.8. The smallest absolute Gasteiger partial charge is 0.250 e. The van der Waals surface area contributed by atoms with Crippen molar-refractivity contribution in [1.82, 2.24) is 4.72 Å². The molecule has 1 atom stereocenters. The quantitative estimate of drug-likeness (QED) is 0.755. The standard InChI is InChI=1S/C8H11Br2NO3S2/c1-14-5-6(9)4-11-16(12,13)8-3-2-7(10)15-8/h2-3,6,11H,4-5H2,1H3. The fraction of sp³-hybridized carbons (Fsp3) is 0.500. The van der Waals surface area contributed by atoms with E-state index in [-0.39, 0.29) is 4.83 Å². The van der Waals surface area contributed by atoms with E-state index in [4.69, 9.17) is 4.74 Å². The number of hydrogen-bond donors (Lipinski definition) is 1. The average Bonchev–Trinajstić information content (AvgIpc) is 2.63. The first-order chi connectivity index (χ1) is 7.45. The van der Waals surface area contributed by atoms with Crippen molar-refractivity contribution >= 4 is 53.2 Å². The van der Waals surface area contributed by atoms with Crippen molar-refractivity contribution in [1.29, 1.82) is 0 Å². The maximum absolute atomic E-state index is 11.8. The molecule has 0 aliphatic heterocycles. The summed E-state index contributed by atoms with van der Waals surface area (Å²) < 4.78 is 32.0. The van der Waals surface area contributed by atoms with Gasteiger partial charge in [0.2, 0.25) is 10.0 Å². The van der Waals surface area contributed by atoms with Gasteiger partial charge in [-0.25, -0.2) is 13.1 Å². The third-order valence-electron chi connectivity index (χ3n) is 1.66. The Morgan fingerprint density at radius 1 is 1.56 bits per heavy atom. The van der Waals surface area contributed by atoms with Crippen LogP contribution in [0.25, 0.3) is 0 Å². The Morgan fingerprint density at radius 2 is 2.25 bits per heavy atom. The molecule has 8 heteroatoms. The topological polar surface area (TPSA) is 55.4 Å². The summed E-state index contributed by atoms with van der Waals surface area (Å²) in [6.45, 7) is 0.752. The van der Waals surface area contributed by atoms with Gasteiger partial charge in [-0.05, 0) is 28.1 Å². The zero-order chi connectivity index (χ0) is 12.2. The molecule has 1 unspecified atom stereocenters. The van der Waals surface area contributed by atoms with Gasteiger partial charge in [0.15, 0.2) is 0 Å². The van der Waals surface area contributed by atoms with E-state index in [0.717, 1.165) is 3.79 Å². The van der Waals surface area contributed by atoms with Gasteiger partial charge in [-0.1, -0.05) is 15.9 Å². The van der Waals surface area contributed by atoms with Gasteiger partial charge in [-0.2, -0.15) is 0 Å². The van der Waals surface area contributed by atoms with Crippen LogP contribution in [0.3, 0.4) is 0 Å². The van der Waals surface area contributed by atoms with E-state index in [2.05, 4.69) is 36.6 Å². The third-order valence-corrected chi connectivity index (χ3v) is 5.78. The minimum absolute atomic E-state index is 0.0318. The first kappa shape index (κ1) is 14.6. The number of hydrogen-bond acceptors (Lipinski definition) is 4. The number of alkyl halides is 1. The Labute approximate surface area is 116 Å². The molecule has 1 N–H and O–H groups in total. The lowest BCUT2D eigenvalue weighted by atomic mass is 10.5. The summed E-state index contributed by atoms with van der Waals surface area (Å²) in [5.74, 6) is 0. The predicted octanol–water partition coefficient (Wildman–Crippen LogP) is 2.20. The van der Waals surface area contributed by atoms with Gasteiger partial charge in [0.1, 0.15) is 4.21 Å². The number of thiophene rings is 1. The van der Waals surface area contributed by atoms with Crippen LogP contribution in [-0.4, -0.2) is 33.5 Å². The van der Waals surface area contributed by atoms with Crippen LogP contribution in [0, 0.1) is 0 Å². The maximum Gasteiger partial charge on any atom is 0.250 e. The van der Waals surface area contributed by atoms with Gasteiger partial charge in [0, 0.05) is 13.7 Å². The third kappa shape index (κ3) is 4.42. The van der Waals surface area contributed by atoms with Crippen LogP contribution in [-0.2, 0) is 14.8 Å². The Balaban J connectivity index is 2.59. The van der Waals surface area contributed by atoms with E-state index in [1.54, 1.807) is 19.2 Å². The van der Waals surface area contributed by atoms with Crippen molar-refractivity contribution < 1.29 is 13.2 Å². The van der Waals surface area contributed by atoms with E-state index in [1.165, 1.54) is 11.3 Å². The van der Waals surface area contributed by atoms with Crippen molar-refractivity contribution in [3.8, 4) is 0 Å². The molecule has 0 aliphatic carbocycles. The molecule has 0 aliphatic rings. The zero-order valence-corrected chi connectivity index (χ0v) is 13.2. The number of ether oxygens (including phenoxy) is 1. The molecule has 0 aromatic carbocycles. The van der Waals surface area contributed by atoms with Crippen molar-refractivity contribution in [2.45, 2.75) is 9.04 Å². The molecule has 0 saturated carbocycles. The summed E-state index contributed by atoms with van der Waals surface area (Å²) >= 11 is 7.72. The normalized spacial score (nSPS) is 13.9. The van der Waals surface area contributed by atoms with E-state index in [1.807, 2.05) is 0 Å². The van der Waals surface area contributed by atoms with Crippen LogP contribution in [0.15, 0.2) is 20.1 Å². The Kier molecular flexibility index (Phi) is 5.89. The number of nitrogens with one attached hydrogen (secondary N) is 1. The lowest BCUT2D eigenvalue weighted by Gasteiger charge is -2.09. The Bertz CT molecular complexity index is 432. The predicted molar refractivity (Wildman–Crippen MR) is 71.8 cm³/mol. The summed E-state index contributed by atoms with van der Waals surface area (Å²) in [6.07, 6.45) is 0. The van der Waals surface area contributed by atoms with Crippen molar-refractivity contribution in [3.63, 3.8) is 0 Å². The average molecular weight is 393 g/mol. The highest BCUT2D eigenvalue weighted by atomic mass is 79.9. The first-order valence-electron chi connectivity index (χ1n) is 4.33. The fourth-order valence-electron chi connectivity index (χ4n) is 0.953. The zero-order valence-electron chi connectivity index (χ0n) is 8.44. The minimum atomic E-state index is -3.40. The van der Waals surface area contributed by atoms with Crippen LogP contribution >= 0.6 is 43.2 Å². The molecule has 0 fully saturated rings. The fourth-order valence-corrected chi connectivity index (χ4v) is 4.73. The molecule has 1 aromatic rings. The highest BCUT2D eigenvalue weighted by Gasteiger charge is 2.17. The van der Waals surface area contributed by atoms with Crippen LogP contribution in [0.5, 0.6) is 0 Å². The van der Waals surface area contributed by atoms with Gasteiger partial charge < -0.3 is 4.74 Å². The van der Waals surface area contributed by atoms with E-state index < -0.39 is 10.0 Å². The Hall–Kier alpha value is 0.530. The van der Waals surface area contributed by atoms with Gasteiger partial charge in [0.25, 0.3) is 0 Å². The summed E-state index contributed by atoms with van der Waals surface area (Å²) in [5, 5.41) is 0. The van der Waals surface area contributed by atoms with Gasteiger partial charge in [0.05, 0.1) is 15.2 Å². The largest absolute Gasteiger partial charge is 0.383 e.